The number of H-pyrrole nitrogens is 1. The Balaban J connectivity index is 2.19. The van der Waals surface area contributed by atoms with Gasteiger partial charge in [-0.1, -0.05) is 45.6 Å². The van der Waals surface area contributed by atoms with E-state index >= 15 is 0 Å². The van der Waals surface area contributed by atoms with E-state index in [-0.39, 0.29) is 48.9 Å². The number of nitrogens with one attached hydrogen (secondary N) is 1. The minimum Gasteiger partial charge on any atom is -0.461 e. The zero-order chi connectivity index (χ0) is 27.5. The molecule has 0 amide bonds. The molecule has 0 aliphatic carbocycles. The Morgan fingerprint density at radius 1 is 1.08 bits per heavy atom. The molecule has 1 N–H and O–H groups in total. The summed E-state index contributed by atoms with van der Waals surface area (Å²) in [6.45, 7) is 6.99. The zero-order valence-corrected chi connectivity index (χ0v) is 25.9. The monoisotopic (exact) mass is 607 g/mol. The minimum atomic E-state index is -0.824. The Kier molecular flexibility index (Phi) is 13.4. The number of hydrogen-bond acceptors (Lipinski definition) is 11. The number of nitrogens with zero attached hydrogens (tertiary/aromatic N) is 6. The highest BCUT2D eigenvalue weighted by molar-refractivity contribution is 7.97. The quantitative estimate of drug-likeness (QED) is 0.244. The highest BCUT2D eigenvalue weighted by Gasteiger charge is 2.27. The average Bonchev–Trinajstić information content (AvgIpc) is 3.27. The Morgan fingerprint density at radius 3 is 2.08 bits per heavy atom. The van der Waals surface area contributed by atoms with E-state index in [4.69, 9.17) is 14.2 Å². The van der Waals surface area contributed by atoms with Gasteiger partial charge in [-0.2, -0.15) is 9.73 Å². The summed E-state index contributed by atoms with van der Waals surface area (Å²) < 4.78 is 30.5. The Morgan fingerprint density at radius 2 is 1.62 bits per heavy atom. The van der Waals surface area contributed by atoms with Crippen molar-refractivity contribution in [2.45, 2.75) is 52.6 Å². The Hall–Kier alpha value is -1.59. The first-order valence-corrected chi connectivity index (χ1v) is 16.5. The smallest absolute Gasteiger partial charge is 0.331 e. The van der Waals surface area contributed by atoms with Crippen LogP contribution in [0.15, 0.2) is 25.4 Å². The molecule has 18 heteroatoms. The molecule has 0 aliphatic rings. The largest absolute Gasteiger partial charge is 0.461 e. The summed E-state index contributed by atoms with van der Waals surface area (Å²) in [5.41, 5.74) is -0.119. The Labute approximate surface area is 223 Å². The van der Waals surface area contributed by atoms with E-state index in [1.54, 1.807) is 0 Å². The number of hydrogen-bond donors (Lipinski definition) is 1. The molecule has 2 unspecified atom stereocenters. The predicted octanol–water partition coefficient (Wildman–Crippen LogP) is 4.40. The highest BCUT2D eigenvalue weighted by atomic mass is 32.0. The van der Waals surface area contributed by atoms with Crippen molar-refractivity contribution in [2.75, 3.05) is 13.2 Å². The van der Waals surface area contributed by atoms with Gasteiger partial charge in [-0.05, 0) is 20.9 Å². The molecule has 13 nitrogen and oxygen atoms in total. The first-order valence-electron chi connectivity index (χ1n) is 11.1. The fraction of sp³-hybridized carbons (Fsp3) is 0.632. The van der Waals surface area contributed by atoms with Crippen LogP contribution in [-0.2, 0) is 30.5 Å². The maximum absolute atomic E-state index is 12.6. The second kappa shape index (κ2) is 15.7. The third-order valence-electron chi connectivity index (χ3n) is 4.97. The van der Waals surface area contributed by atoms with Crippen LogP contribution in [0.25, 0.3) is 11.2 Å². The second-order valence-corrected chi connectivity index (χ2v) is 10.9. The molecule has 0 saturated heterocycles. The molecule has 0 fully saturated rings. The fourth-order valence-corrected chi connectivity index (χ4v) is 4.97. The molecule has 0 aliphatic heterocycles. The molecule has 0 spiro atoms. The normalized spacial score (nSPS) is 14.5. The van der Waals surface area contributed by atoms with Crippen molar-refractivity contribution in [2.24, 2.45) is 26.1 Å². The van der Waals surface area contributed by atoms with Crippen LogP contribution in [0.5, 0.6) is 0 Å². The molecule has 2 heterocycles. The average molecular weight is 607 g/mol. The van der Waals surface area contributed by atoms with Gasteiger partial charge in [0, 0.05) is 16.1 Å². The number of aromatic nitrogens is 4. The molecule has 0 saturated carbocycles. The van der Waals surface area contributed by atoms with Crippen LogP contribution < -0.4 is 5.56 Å². The number of ether oxygens (including phenoxy) is 3. The summed E-state index contributed by atoms with van der Waals surface area (Å²) in [6, 6.07) is -1.29. The molecule has 37 heavy (non-hydrogen) atoms. The van der Waals surface area contributed by atoms with E-state index in [1.807, 2.05) is 27.7 Å². The topological polar surface area (TPSA) is 162 Å². The standard InChI is InChI=1S/C19H30N7O6P5/c1-9(2)12(24-36-34)17(28)30-5-11(6-31-18(29)13(10(3)4)25-37-35)32-8-26-7-20-14-15(26)21-19(23-33)22-16(14)27/h7,9-13,33H,5-6,8,34-35H2,1-4H3,(H,21,22,27)/t12-,13-/m0/s1. The summed E-state index contributed by atoms with van der Waals surface area (Å²) in [4.78, 5) is 48.2. The summed E-state index contributed by atoms with van der Waals surface area (Å²) in [5, 5.41) is 0. The van der Waals surface area contributed by atoms with E-state index in [9.17, 15) is 14.4 Å². The van der Waals surface area contributed by atoms with Gasteiger partial charge in [0.15, 0.2) is 23.2 Å². The van der Waals surface area contributed by atoms with Crippen LogP contribution >= 0.6 is 43.0 Å². The van der Waals surface area contributed by atoms with Crippen LogP contribution in [0, 0.1) is 11.8 Å². The van der Waals surface area contributed by atoms with Gasteiger partial charge in [0.05, 0.1) is 6.33 Å². The molecule has 0 radical (unpaired) electrons. The van der Waals surface area contributed by atoms with Gasteiger partial charge in [0.2, 0.25) is 5.95 Å². The van der Waals surface area contributed by atoms with Crippen molar-refractivity contribution in [1.29, 1.82) is 0 Å². The molecule has 2 aromatic rings. The van der Waals surface area contributed by atoms with Gasteiger partial charge in [-0.15, -0.1) is 0 Å². The third kappa shape index (κ3) is 9.28. The van der Waals surface area contributed by atoms with E-state index < -0.39 is 35.7 Å². The van der Waals surface area contributed by atoms with Crippen LogP contribution in [0.4, 0.5) is 5.95 Å². The molecular formula is C19H30N7O6P5. The van der Waals surface area contributed by atoms with Crippen molar-refractivity contribution in [3.63, 3.8) is 0 Å². The van der Waals surface area contributed by atoms with Crippen molar-refractivity contribution in [1.82, 2.24) is 19.5 Å². The van der Waals surface area contributed by atoms with Crippen LogP contribution in [-0.4, -0.2) is 62.9 Å². The first kappa shape index (κ1) is 31.6. The molecule has 2 aromatic heterocycles. The van der Waals surface area contributed by atoms with E-state index in [0.29, 0.717) is 16.1 Å². The fourth-order valence-electron chi connectivity index (χ4n) is 2.99. The predicted molar refractivity (Wildman–Crippen MR) is 151 cm³/mol. The van der Waals surface area contributed by atoms with Crippen molar-refractivity contribution < 1.29 is 23.8 Å². The Bertz CT molecular complexity index is 1160. The highest BCUT2D eigenvalue weighted by Crippen LogP contribution is 2.20. The molecule has 2 rings (SSSR count). The molecule has 4 atom stereocenters. The van der Waals surface area contributed by atoms with Gasteiger partial charge in [-0.3, -0.25) is 14.3 Å². The van der Waals surface area contributed by atoms with Crippen LogP contribution in [0.3, 0.4) is 0 Å². The molecular weight excluding hydrogens is 577 g/mol. The van der Waals surface area contributed by atoms with Crippen molar-refractivity contribution in [3.05, 3.63) is 16.7 Å². The second-order valence-electron chi connectivity index (χ2n) is 8.41. The number of aromatic amines is 1. The first-order chi connectivity index (χ1) is 17.6. The summed E-state index contributed by atoms with van der Waals surface area (Å²) in [6.07, 6.45) is 0.562. The number of fused-ring (bicyclic) bond motifs is 1. The summed E-state index contributed by atoms with van der Waals surface area (Å²) in [5.74, 6) is -1.08. The lowest BCUT2D eigenvalue weighted by Crippen LogP contribution is -2.35. The molecule has 0 aromatic carbocycles. The van der Waals surface area contributed by atoms with Crippen LogP contribution in [0.1, 0.15) is 27.7 Å². The maximum Gasteiger partial charge on any atom is 0.331 e. The zero-order valence-electron chi connectivity index (χ0n) is 20.8. The lowest BCUT2D eigenvalue weighted by atomic mass is 10.1. The number of imidazole rings is 1. The number of carbonyl (C=O) groups is 2. The van der Waals surface area contributed by atoms with Gasteiger partial charge in [0.1, 0.15) is 26.0 Å². The summed E-state index contributed by atoms with van der Waals surface area (Å²) in [7, 11) is 9.07. The molecule has 0 bridgehead atoms. The van der Waals surface area contributed by atoms with Crippen molar-refractivity contribution >= 4 is 72.1 Å². The van der Waals surface area contributed by atoms with Gasteiger partial charge >= 0.3 is 11.9 Å². The SMILES string of the molecule is CC(C)[C@H](N=PP)C(=O)OCC(COC(=O)[C@@H](N=PP)C(C)C)OCn1cnc2c(=O)[nH]c(N=P)nc21. The van der Waals surface area contributed by atoms with E-state index in [2.05, 4.69) is 56.1 Å². The number of carbonyl (C=O) groups excluding carboxylic acids is 2. The third-order valence-corrected chi connectivity index (χ3v) is 6.74. The van der Waals surface area contributed by atoms with Gasteiger partial charge in [0.25, 0.3) is 5.56 Å². The van der Waals surface area contributed by atoms with E-state index in [1.165, 1.54) is 10.9 Å². The lowest BCUT2D eigenvalue weighted by Gasteiger charge is -2.22. The van der Waals surface area contributed by atoms with Gasteiger partial charge in [-0.25, -0.2) is 24.1 Å². The number of esters is 2. The van der Waals surface area contributed by atoms with E-state index in [0.717, 1.165) is 0 Å². The van der Waals surface area contributed by atoms with Crippen LogP contribution in [0.2, 0.25) is 0 Å². The summed E-state index contributed by atoms with van der Waals surface area (Å²) >= 11 is 0. The van der Waals surface area contributed by atoms with Crippen molar-refractivity contribution in [3.8, 4) is 0 Å². The number of rotatable bonds is 14. The maximum atomic E-state index is 12.6. The lowest BCUT2D eigenvalue weighted by molar-refractivity contribution is -0.159. The minimum absolute atomic E-state index is 0.0593. The molecule has 202 valence electrons. The van der Waals surface area contributed by atoms with Gasteiger partial charge < -0.3 is 14.2 Å².